The van der Waals surface area contributed by atoms with Crippen LogP contribution >= 0.6 is 11.3 Å². The molecule has 0 radical (unpaired) electrons. The molecule has 0 atom stereocenters. The summed E-state index contributed by atoms with van der Waals surface area (Å²) in [5.41, 5.74) is 2.04. The summed E-state index contributed by atoms with van der Waals surface area (Å²) in [6, 6.07) is 9.70. The van der Waals surface area contributed by atoms with E-state index in [-0.39, 0.29) is 5.13 Å². The van der Waals surface area contributed by atoms with Crippen molar-refractivity contribution >= 4 is 16.5 Å². The van der Waals surface area contributed by atoms with Crippen molar-refractivity contribution in [2.45, 2.75) is 12.6 Å². The molecule has 1 N–H and O–H groups in total. The molecule has 0 fully saturated rings. The number of hydrogen-bond donors (Lipinski definition) is 1. The Balaban J connectivity index is 1.54. The zero-order valence-corrected chi connectivity index (χ0v) is 12.7. The second kappa shape index (κ2) is 6.41. The zero-order chi connectivity index (χ0) is 16.3. The standard InChI is InChI=1S/C15H13F3N4S/c16-15(17,18)13-10-20-14(23-13)19-8-6-11-2-4-12(5-3-11)22-9-1-7-21-22/h1-5,7,9-10H,6,8H2,(H,19,20). The van der Waals surface area contributed by atoms with Gasteiger partial charge in [0.15, 0.2) is 5.13 Å². The van der Waals surface area contributed by atoms with Crippen LogP contribution in [0.2, 0.25) is 0 Å². The molecular weight excluding hydrogens is 325 g/mol. The Hall–Kier alpha value is -2.35. The highest BCUT2D eigenvalue weighted by atomic mass is 32.1. The Morgan fingerprint density at radius 3 is 2.57 bits per heavy atom. The van der Waals surface area contributed by atoms with Crippen molar-refractivity contribution in [3.8, 4) is 5.69 Å². The topological polar surface area (TPSA) is 42.7 Å². The van der Waals surface area contributed by atoms with E-state index in [4.69, 9.17) is 0 Å². The van der Waals surface area contributed by atoms with Gasteiger partial charge in [0.1, 0.15) is 4.88 Å². The Kier molecular flexibility index (Phi) is 4.33. The van der Waals surface area contributed by atoms with Gasteiger partial charge in [-0.3, -0.25) is 0 Å². The molecule has 0 saturated carbocycles. The number of benzene rings is 1. The van der Waals surface area contributed by atoms with Gasteiger partial charge in [-0.2, -0.15) is 18.3 Å². The summed E-state index contributed by atoms with van der Waals surface area (Å²) in [5, 5.41) is 7.35. The lowest BCUT2D eigenvalue weighted by Gasteiger charge is -2.05. The molecule has 0 aliphatic carbocycles. The monoisotopic (exact) mass is 338 g/mol. The van der Waals surface area contributed by atoms with E-state index < -0.39 is 11.1 Å². The lowest BCUT2D eigenvalue weighted by Crippen LogP contribution is -2.04. The highest BCUT2D eigenvalue weighted by molar-refractivity contribution is 7.15. The van der Waals surface area contributed by atoms with Crippen LogP contribution < -0.4 is 5.32 Å². The number of halogens is 3. The maximum Gasteiger partial charge on any atom is 0.427 e. The molecular formula is C15H13F3N4S. The summed E-state index contributed by atoms with van der Waals surface area (Å²) in [5.74, 6) is 0. The first-order valence-electron chi connectivity index (χ1n) is 6.88. The van der Waals surface area contributed by atoms with Gasteiger partial charge in [-0.05, 0) is 30.2 Å². The Bertz CT molecular complexity index is 748. The number of nitrogens with one attached hydrogen (secondary N) is 1. The van der Waals surface area contributed by atoms with E-state index in [1.165, 1.54) is 0 Å². The van der Waals surface area contributed by atoms with Crippen molar-refractivity contribution < 1.29 is 13.2 Å². The summed E-state index contributed by atoms with van der Waals surface area (Å²) >= 11 is 0.617. The molecule has 0 amide bonds. The van der Waals surface area contributed by atoms with Crippen molar-refractivity contribution in [3.05, 3.63) is 59.4 Å². The minimum absolute atomic E-state index is 0.283. The van der Waals surface area contributed by atoms with E-state index in [2.05, 4.69) is 15.4 Å². The van der Waals surface area contributed by atoms with Crippen LogP contribution in [0.5, 0.6) is 0 Å². The Morgan fingerprint density at radius 2 is 1.96 bits per heavy atom. The number of rotatable bonds is 5. The molecule has 3 aromatic rings. The first kappa shape index (κ1) is 15.5. The molecule has 0 saturated heterocycles. The van der Waals surface area contributed by atoms with Crippen LogP contribution in [0.25, 0.3) is 5.69 Å². The van der Waals surface area contributed by atoms with Crippen LogP contribution in [0.3, 0.4) is 0 Å². The summed E-state index contributed by atoms with van der Waals surface area (Å²) in [4.78, 5) is 3.05. The molecule has 0 aliphatic heterocycles. The quantitative estimate of drug-likeness (QED) is 0.764. The van der Waals surface area contributed by atoms with Gasteiger partial charge in [0.25, 0.3) is 0 Å². The third-order valence-electron chi connectivity index (χ3n) is 3.18. The van der Waals surface area contributed by atoms with E-state index >= 15 is 0 Å². The SMILES string of the molecule is FC(F)(F)c1cnc(NCCc2ccc(-n3cccn3)cc2)s1. The third-order valence-corrected chi connectivity index (χ3v) is 4.18. The second-order valence-corrected chi connectivity index (χ2v) is 5.85. The summed E-state index contributed by atoms with van der Waals surface area (Å²) in [7, 11) is 0. The minimum atomic E-state index is -4.33. The minimum Gasteiger partial charge on any atom is -0.361 e. The maximum atomic E-state index is 12.5. The third kappa shape index (κ3) is 3.89. The van der Waals surface area contributed by atoms with E-state index in [0.717, 1.165) is 17.4 Å². The predicted octanol–water partition coefficient (Wildman–Crippen LogP) is 4.00. The molecule has 0 unspecified atom stereocenters. The van der Waals surface area contributed by atoms with Crippen LogP contribution in [0.4, 0.5) is 18.3 Å². The lowest BCUT2D eigenvalue weighted by atomic mass is 10.1. The fourth-order valence-electron chi connectivity index (χ4n) is 2.04. The van der Waals surface area contributed by atoms with Gasteiger partial charge in [-0.1, -0.05) is 23.5 Å². The molecule has 8 heteroatoms. The normalized spacial score (nSPS) is 11.6. The second-order valence-electron chi connectivity index (χ2n) is 4.82. The zero-order valence-electron chi connectivity index (χ0n) is 11.9. The number of thiazole rings is 1. The first-order valence-corrected chi connectivity index (χ1v) is 7.70. The van der Waals surface area contributed by atoms with Gasteiger partial charge in [-0.25, -0.2) is 9.67 Å². The van der Waals surface area contributed by atoms with Crippen molar-refractivity contribution in [3.63, 3.8) is 0 Å². The highest BCUT2D eigenvalue weighted by Crippen LogP contribution is 2.34. The fourth-order valence-corrected chi connectivity index (χ4v) is 2.75. The van der Waals surface area contributed by atoms with Crippen LogP contribution in [-0.2, 0) is 12.6 Å². The average Bonchev–Trinajstić information content (AvgIpc) is 3.19. The molecule has 0 aliphatic rings. The Morgan fingerprint density at radius 1 is 1.17 bits per heavy atom. The predicted molar refractivity (Wildman–Crippen MR) is 82.9 cm³/mol. The number of aromatic nitrogens is 3. The number of anilines is 1. The van der Waals surface area contributed by atoms with Gasteiger partial charge in [-0.15, -0.1) is 0 Å². The van der Waals surface area contributed by atoms with Crippen molar-refractivity contribution in [1.82, 2.24) is 14.8 Å². The van der Waals surface area contributed by atoms with E-state index in [9.17, 15) is 13.2 Å². The van der Waals surface area contributed by atoms with Crippen molar-refractivity contribution in [2.75, 3.05) is 11.9 Å². The van der Waals surface area contributed by atoms with Crippen LogP contribution in [0.1, 0.15) is 10.4 Å². The Labute approximate surface area is 134 Å². The summed E-state index contributed by atoms with van der Waals surface area (Å²) in [6.45, 7) is 0.520. The van der Waals surface area contributed by atoms with Crippen LogP contribution in [-0.4, -0.2) is 21.3 Å². The molecule has 0 spiro atoms. The highest BCUT2D eigenvalue weighted by Gasteiger charge is 2.33. The van der Waals surface area contributed by atoms with Crippen LogP contribution in [0.15, 0.2) is 48.9 Å². The fraction of sp³-hybridized carbons (Fsp3) is 0.200. The van der Waals surface area contributed by atoms with Gasteiger partial charge >= 0.3 is 6.18 Å². The number of alkyl halides is 3. The maximum absolute atomic E-state index is 12.5. The lowest BCUT2D eigenvalue weighted by molar-refractivity contribution is -0.134. The number of nitrogens with zero attached hydrogens (tertiary/aromatic N) is 3. The van der Waals surface area contributed by atoms with E-state index in [0.29, 0.717) is 24.3 Å². The van der Waals surface area contributed by atoms with Gasteiger partial charge in [0.05, 0.1) is 11.9 Å². The summed E-state index contributed by atoms with van der Waals surface area (Å²) in [6.07, 6.45) is 0.782. The smallest absolute Gasteiger partial charge is 0.361 e. The largest absolute Gasteiger partial charge is 0.427 e. The average molecular weight is 338 g/mol. The van der Waals surface area contributed by atoms with E-state index in [1.54, 1.807) is 10.9 Å². The van der Waals surface area contributed by atoms with Crippen molar-refractivity contribution in [2.24, 2.45) is 0 Å². The number of hydrogen-bond acceptors (Lipinski definition) is 4. The molecule has 2 heterocycles. The van der Waals surface area contributed by atoms with Gasteiger partial charge in [0, 0.05) is 18.9 Å². The molecule has 23 heavy (non-hydrogen) atoms. The first-order chi connectivity index (χ1) is 11.0. The molecule has 3 rings (SSSR count). The van der Waals surface area contributed by atoms with Gasteiger partial charge < -0.3 is 5.32 Å². The van der Waals surface area contributed by atoms with Crippen molar-refractivity contribution in [1.29, 1.82) is 0 Å². The molecule has 0 bridgehead atoms. The van der Waals surface area contributed by atoms with Crippen LogP contribution in [0, 0.1) is 0 Å². The molecule has 1 aromatic carbocycles. The summed E-state index contributed by atoms with van der Waals surface area (Å²) < 4.78 is 39.2. The molecule has 2 aromatic heterocycles. The molecule has 120 valence electrons. The molecule has 4 nitrogen and oxygen atoms in total. The van der Waals surface area contributed by atoms with E-state index in [1.807, 2.05) is 36.5 Å². The van der Waals surface area contributed by atoms with Gasteiger partial charge in [0.2, 0.25) is 0 Å².